The summed E-state index contributed by atoms with van der Waals surface area (Å²) in [6.07, 6.45) is 1.61. The highest BCUT2D eigenvalue weighted by atomic mass is 16.4. The molecule has 2 amide bonds. The molecule has 0 bridgehead atoms. The minimum Gasteiger partial charge on any atom is -0.481 e. The van der Waals surface area contributed by atoms with Gasteiger partial charge in [-0.2, -0.15) is 0 Å². The molecule has 2 N–H and O–H groups in total. The summed E-state index contributed by atoms with van der Waals surface area (Å²) in [5.41, 5.74) is 0. The van der Waals surface area contributed by atoms with Crippen LogP contribution in [0.25, 0.3) is 0 Å². The fraction of sp³-hybridized carbons (Fsp3) is 0.538. The Morgan fingerprint density at radius 1 is 1.53 bits per heavy atom. The molecule has 1 aromatic rings. The van der Waals surface area contributed by atoms with E-state index in [-0.39, 0.29) is 18.5 Å². The number of hydrogen-bond donors (Lipinski definition) is 2. The predicted molar refractivity (Wildman–Crippen MR) is 67.7 cm³/mol. The number of amides is 2. The predicted octanol–water partition coefficient (Wildman–Crippen LogP) is 1.74. The Labute approximate surface area is 111 Å². The summed E-state index contributed by atoms with van der Waals surface area (Å²) in [6.45, 7) is 2.78. The molecule has 1 aliphatic rings. The maximum absolute atomic E-state index is 12.0. The molecule has 6 heteroatoms. The Hall–Kier alpha value is -1.98. The highest BCUT2D eigenvalue weighted by Gasteiger charge is 2.30. The van der Waals surface area contributed by atoms with E-state index >= 15 is 0 Å². The zero-order valence-corrected chi connectivity index (χ0v) is 10.9. The van der Waals surface area contributed by atoms with Crippen LogP contribution in [0.5, 0.6) is 0 Å². The van der Waals surface area contributed by atoms with E-state index in [4.69, 9.17) is 9.52 Å². The molecule has 0 aliphatic carbocycles. The maximum Gasteiger partial charge on any atom is 0.318 e. The van der Waals surface area contributed by atoms with Crippen LogP contribution in [0.4, 0.5) is 4.79 Å². The van der Waals surface area contributed by atoms with Gasteiger partial charge >= 0.3 is 12.0 Å². The lowest BCUT2D eigenvalue weighted by molar-refractivity contribution is -0.137. The number of carboxylic acids is 1. The first-order valence-corrected chi connectivity index (χ1v) is 6.38. The van der Waals surface area contributed by atoms with Gasteiger partial charge in [0.15, 0.2) is 0 Å². The molecule has 0 spiro atoms. The van der Waals surface area contributed by atoms with Gasteiger partial charge in [0.2, 0.25) is 0 Å². The monoisotopic (exact) mass is 266 g/mol. The topological polar surface area (TPSA) is 82.8 Å². The van der Waals surface area contributed by atoms with Gasteiger partial charge in [-0.1, -0.05) is 0 Å². The van der Waals surface area contributed by atoms with Crippen molar-refractivity contribution >= 4 is 12.0 Å². The maximum atomic E-state index is 12.0. The molecule has 0 radical (unpaired) electrons. The van der Waals surface area contributed by atoms with Gasteiger partial charge in [0, 0.05) is 12.6 Å². The van der Waals surface area contributed by atoms with Gasteiger partial charge in [0.25, 0.3) is 0 Å². The van der Waals surface area contributed by atoms with E-state index in [0.717, 1.165) is 18.6 Å². The molecule has 19 heavy (non-hydrogen) atoms. The molecule has 1 atom stereocenters. The zero-order valence-electron chi connectivity index (χ0n) is 10.9. The number of rotatable bonds is 4. The van der Waals surface area contributed by atoms with Gasteiger partial charge in [-0.25, -0.2) is 4.79 Å². The number of aryl methyl sites for hydroxylation is 1. The Balaban J connectivity index is 1.86. The fourth-order valence-electron chi connectivity index (χ4n) is 2.36. The number of likely N-dealkylation sites (tertiary alicyclic amines) is 1. The lowest BCUT2D eigenvalue weighted by atomic mass is 10.1. The molecule has 6 nitrogen and oxygen atoms in total. The molecular formula is C13H18N2O4. The van der Waals surface area contributed by atoms with Gasteiger partial charge < -0.3 is 19.7 Å². The average molecular weight is 266 g/mol. The summed E-state index contributed by atoms with van der Waals surface area (Å²) >= 11 is 0. The highest BCUT2D eigenvalue weighted by Crippen LogP contribution is 2.20. The van der Waals surface area contributed by atoms with Crippen LogP contribution in [0.2, 0.25) is 0 Å². The van der Waals surface area contributed by atoms with Crippen molar-refractivity contribution in [3.63, 3.8) is 0 Å². The Morgan fingerprint density at radius 2 is 2.32 bits per heavy atom. The Bertz CT molecular complexity index is 469. The summed E-state index contributed by atoms with van der Waals surface area (Å²) in [5, 5.41) is 11.6. The normalized spacial score (nSPS) is 18.6. The first-order valence-electron chi connectivity index (χ1n) is 6.38. The number of aliphatic carboxylic acids is 1. The third kappa shape index (κ3) is 3.49. The van der Waals surface area contributed by atoms with Gasteiger partial charge in [-0.05, 0) is 31.9 Å². The van der Waals surface area contributed by atoms with Crippen LogP contribution in [0.3, 0.4) is 0 Å². The van der Waals surface area contributed by atoms with Crippen LogP contribution in [-0.2, 0) is 11.3 Å². The van der Waals surface area contributed by atoms with Crippen molar-refractivity contribution in [3.05, 3.63) is 23.7 Å². The second-order valence-electron chi connectivity index (χ2n) is 4.76. The Morgan fingerprint density at radius 3 is 2.95 bits per heavy atom. The van der Waals surface area contributed by atoms with Crippen LogP contribution in [0.1, 0.15) is 30.8 Å². The van der Waals surface area contributed by atoms with Crippen LogP contribution in [0.15, 0.2) is 16.5 Å². The minimum atomic E-state index is -0.869. The number of carboxylic acid groups (broad SMARTS) is 1. The highest BCUT2D eigenvalue weighted by molar-refractivity contribution is 5.76. The van der Waals surface area contributed by atoms with E-state index in [1.54, 1.807) is 4.90 Å². The summed E-state index contributed by atoms with van der Waals surface area (Å²) in [7, 11) is 0. The molecule has 1 fully saturated rings. The van der Waals surface area contributed by atoms with E-state index in [2.05, 4.69) is 5.32 Å². The largest absolute Gasteiger partial charge is 0.481 e. The number of carbonyl (C=O) groups excluding carboxylic acids is 1. The first-order chi connectivity index (χ1) is 9.06. The van der Waals surface area contributed by atoms with Crippen molar-refractivity contribution < 1.29 is 19.1 Å². The van der Waals surface area contributed by atoms with Crippen molar-refractivity contribution in [1.82, 2.24) is 10.2 Å². The molecule has 1 aliphatic heterocycles. The smallest absolute Gasteiger partial charge is 0.318 e. The van der Waals surface area contributed by atoms with Crippen molar-refractivity contribution in [2.24, 2.45) is 0 Å². The second-order valence-corrected chi connectivity index (χ2v) is 4.76. The van der Waals surface area contributed by atoms with E-state index in [1.165, 1.54) is 0 Å². The van der Waals surface area contributed by atoms with Gasteiger partial charge in [-0.15, -0.1) is 0 Å². The summed E-state index contributed by atoms with van der Waals surface area (Å²) in [6, 6.07) is 3.23. The number of hydrogen-bond acceptors (Lipinski definition) is 3. The van der Waals surface area contributed by atoms with Crippen LogP contribution in [0, 0.1) is 6.92 Å². The number of nitrogens with zero attached hydrogens (tertiary/aromatic N) is 1. The summed E-state index contributed by atoms with van der Waals surface area (Å²) < 4.78 is 5.36. The average Bonchev–Trinajstić information content (AvgIpc) is 2.94. The van der Waals surface area contributed by atoms with Crippen molar-refractivity contribution in [2.45, 2.75) is 38.8 Å². The molecule has 1 saturated heterocycles. The molecule has 1 unspecified atom stereocenters. The Kier molecular flexibility index (Phi) is 4.09. The van der Waals surface area contributed by atoms with Crippen molar-refractivity contribution in [2.75, 3.05) is 6.54 Å². The summed E-state index contributed by atoms with van der Waals surface area (Å²) in [5.74, 6) is 0.625. The molecule has 1 aromatic heterocycles. The van der Waals surface area contributed by atoms with E-state index in [0.29, 0.717) is 18.8 Å². The van der Waals surface area contributed by atoms with Gasteiger partial charge in [0.05, 0.1) is 13.0 Å². The standard InChI is InChI=1S/C13H18N2O4/c1-9-4-5-11(19-9)8-14-13(18)15-6-2-3-10(15)7-12(16)17/h4-5,10H,2-3,6-8H2,1H3,(H,14,18)(H,16,17). The van der Waals surface area contributed by atoms with Crippen LogP contribution >= 0.6 is 0 Å². The first kappa shape index (κ1) is 13.5. The quantitative estimate of drug-likeness (QED) is 0.869. The fourth-order valence-corrected chi connectivity index (χ4v) is 2.36. The van der Waals surface area contributed by atoms with E-state index in [1.807, 2.05) is 19.1 Å². The van der Waals surface area contributed by atoms with E-state index < -0.39 is 5.97 Å². The lowest BCUT2D eigenvalue weighted by Gasteiger charge is -2.23. The molecule has 2 rings (SSSR count). The molecule has 0 aromatic carbocycles. The zero-order chi connectivity index (χ0) is 13.8. The second kappa shape index (κ2) is 5.77. The van der Waals surface area contributed by atoms with Crippen LogP contribution in [-0.4, -0.2) is 34.6 Å². The summed E-state index contributed by atoms with van der Waals surface area (Å²) in [4.78, 5) is 24.3. The number of furan rings is 1. The van der Waals surface area contributed by atoms with Crippen LogP contribution < -0.4 is 5.32 Å². The SMILES string of the molecule is Cc1ccc(CNC(=O)N2CCCC2CC(=O)O)o1. The molecule has 0 saturated carbocycles. The molecule has 2 heterocycles. The van der Waals surface area contributed by atoms with Gasteiger partial charge in [0.1, 0.15) is 11.5 Å². The number of urea groups is 1. The third-order valence-electron chi connectivity index (χ3n) is 3.26. The van der Waals surface area contributed by atoms with Gasteiger partial charge in [-0.3, -0.25) is 4.79 Å². The van der Waals surface area contributed by atoms with Crippen molar-refractivity contribution in [3.8, 4) is 0 Å². The van der Waals surface area contributed by atoms with Crippen molar-refractivity contribution in [1.29, 1.82) is 0 Å². The third-order valence-corrected chi connectivity index (χ3v) is 3.26. The molecule has 104 valence electrons. The van der Waals surface area contributed by atoms with E-state index in [9.17, 15) is 9.59 Å². The number of carbonyl (C=O) groups is 2. The lowest BCUT2D eigenvalue weighted by Crippen LogP contribution is -2.43. The number of nitrogens with one attached hydrogen (secondary N) is 1. The minimum absolute atomic E-state index is 0.00722. The molecular weight excluding hydrogens is 248 g/mol.